The molecule has 4 bridgehead atoms. The Balaban J connectivity index is 1.27. The highest BCUT2D eigenvalue weighted by Crippen LogP contribution is 2.53. The molecule has 2 nitrogen and oxygen atoms in total. The van der Waals surface area contributed by atoms with Gasteiger partial charge in [-0.25, -0.2) is 0 Å². The fourth-order valence-electron chi connectivity index (χ4n) is 6.07. The number of nitrogens with zero attached hydrogens (tertiary/aromatic N) is 1. The van der Waals surface area contributed by atoms with E-state index >= 15 is 0 Å². The van der Waals surface area contributed by atoms with Gasteiger partial charge < -0.3 is 10.2 Å². The van der Waals surface area contributed by atoms with Crippen molar-refractivity contribution in [3.05, 3.63) is 0 Å². The summed E-state index contributed by atoms with van der Waals surface area (Å²) in [5.41, 5.74) is 0. The van der Waals surface area contributed by atoms with Crippen molar-refractivity contribution >= 4 is 0 Å². The maximum absolute atomic E-state index is 4.01. The van der Waals surface area contributed by atoms with E-state index in [9.17, 15) is 0 Å². The van der Waals surface area contributed by atoms with Crippen molar-refractivity contribution in [2.24, 2.45) is 29.6 Å². The third kappa shape index (κ3) is 2.66. The van der Waals surface area contributed by atoms with E-state index in [0.29, 0.717) is 0 Å². The zero-order valence-electron chi connectivity index (χ0n) is 13.2. The van der Waals surface area contributed by atoms with Gasteiger partial charge in [0.25, 0.3) is 0 Å². The van der Waals surface area contributed by atoms with Gasteiger partial charge in [0.15, 0.2) is 0 Å². The van der Waals surface area contributed by atoms with Crippen molar-refractivity contribution in [2.45, 2.75) is 57.9 Å². The Morgan fingerprint density at radius 3 is 2.15 bits per heavy atom. The summed E-state index contributed by atoms with van der Waals surface area (Å²) >= 11 is 0. The van der Waals surface area contributed by atoms with Crippen molar-refractivity contribution in [1.29, 1.82) is 0 Å². The summed E-state index contributed by atoms with van der Waals surface area (Å²) in [7, 11) is 0. The summed E-state index contributed by atoms with van der Waals surface area (Å²) in [5, 5.41) is 4.01. The molecular weight excluding hydrogens is 244 g/mol. The molecule has 1 N–H and O–H groups in total. The molecule has 5 fully saturated rings. The summed E-state index contributed by atoms with van der Waals surface area (Å²) in [4.78, 5) is 2.67. The summed E-state index contributed by atoms with van der Waals surface area (Å²) in [6, 6.07) is 0.879. The molecule has 20 heavy (non-hydrogen) atoms. The molecule has 5 rings (SSSR count). The lowest BCUT2D eigenvalue weighted by Crippen LogP contribution is -2.55. The van der Waals surface area contributed by atoms with E-state index in [1.807, 2.05) is 0 Å². The van der Waals surface area contributed by atoms with E-state index in [0.717, 1.165) is 35.6 Å². The molecule has 0 aromatic heterocycles. The lowest BCUT2D eigenvalue weighted by Gasteiger charge is -2.54. The van der Waals surface area contributed by atoms with Gasteiger partial charge in [-0.2, -0.15) is 0 Å². The first-order valence-corrected chi connectivity index (χ1v) is 9.23. The van der Waals surface area contributed by atoms with Crippen molar-refractivity contribution < 1.29 is 0 Å². The second-order valence-electron chi connectivity index (χ2n) is 8.48. The fraction of sp³-hybridized carbons (Fsp3) is 1.00. The molecule has 0 amide bonds. The van der Waals surface area contributed by atoms with Gasteiger partial charge in [-0.1, -0.05) is 6.92 Å². The van der Waals surface area contributed by atoms with Crippen molar-refractivity contribution in [3.8, 4) is 0 Å². The number of likely N-dealkylation sites (tertiary alicyclic amines) is 1. The van der Waals surface area contributed by atoms with Gasteiger partial charge >= 0.3 is 0 Å². The molecule has 4 aliphatic carbocycles. The average molecular weight is 276 g/mol. The highest BCUT2D eigenvalue weighted by molar-refractivity contribution is 5.01. The largest absolute Gasteiger partial charge is 0.313 e. The Bertz CT molecular complexity index is 306. The van der Waals surface area contributed by atoms with Crippen LogP contribution in [0.15, 0.2) is 0 Å². The maximum Gasteiger partial charge on any atom is 0.0124 e. The molecule has 114 valence electrons. The lowest BCUT2D eigenvalue weighted by atomic mass is 9.54. The first-order valence-electron chi connectivity index (χ1n) is 9.23. The van der Waals surface area contributed by atoms with Crippen LogP contribution >= 0.6 is 0 Å². The summed E-state index contributed by atoms with van der Waals surface area (Å²) in [6.45, 7) is 7.72. The van der Waals surface area contributed by atoms with Gasteiger partial charge in [-0.05, 0) is 94.2 Å². The van der Waals surface area contributed by atoms with E-state index in [1.165, 1.54) is 39.0 Å². The van der Waals surface area contributed by atoms with Crippen LogP contribution in [0.25, 0.3) is 0 Å². The number of nitrogens with one attached hydrogen (secondary N) is 1. The second-order valence-corrected chi connectivity index (χ2v) is 8.48. The molecule has 0 spiro atoms. The number of hydrogen-bond acceptors (Lipinski definition) is 2. The van der Waals surface area contributed by atoms with Crippen molar-refractivity contribution in [2.75, 3.05) is 26.2 Å². The Morgan fingerprint density at radius 1 is 0.950 bits per heavy atom. The summed E-state index contributed by atoms with van der Waals surface area (Å²) < 4.78 is 0. The van der Waals surface area contributed by atoms with Crippen LogP contribution in [0.3, 0.4) is 0 Å². The summed E-state index contributed by atoms with van der Waals surface area (Å²) in [6.07, 6.45) is 10.6. The van der Waals surface area contributed by atoms with Crippen LogP contribution < -0.4 is 5.32 Å². The molecule has 1 atom stereocenters. The Labute approximate surface area is 124 Å². The topological polar surface area (TPSA) is 15.3 Å². The average Bonchev–Trinajstić information content (AvgIpc) is 2.90. The lowest BCUT2D eigenvalue weighted by molar-refractivity contribution is -0.0149. The second kappa shape index (κ2) is 5.61. The first-order chi connectivity index (χ1) is 9.78. The van der Waals surface area contributed by atoms with Crippen LogP contribution in [0.2, 0.25) is 0 Å². The SMILES string of the molecule is CC(CNC1C2CC3CC(C2)CC1C3)CN1CCCC1. The highest BCUT2D eigenvalue weighted by Gasteiger charge is 2.47. The summed E-state index contributed by atoms with van der Waals surface area (Å²) in [5.74, 6) is 5.11. The minimum atomic E-state index is 0.824. The van der Waals surface area contributed by atoms with E-state index in [4.69, 9.17) is 0 Å². The van der Waals surface area contributed by atoms with Gasteiger partial charge in [0.2, 0.25) is 0 Å². The fourth-order valence-corrected chi connectivity index (χ4v) is 6.07. The quantitative estimate of drug-likeness (QED) is 0.830. The predicted molar refractivity (Wildman–Crippen MR) is 83.7 cm³/mol. The first kappa shape index (κ1) is 13.6. The van der Waals surface area contributed by atoms with Gasteiger partial charge in [0.1, 0.15) is 0 Å². The molecule has 0 aromatic rings. The molecule has 4 saturated carbocycles. The van der Waals surface area contributed by atoms with Crippen molar-refractivity contribution in [1.82, 2.24) is 10.2 Å². The number of rotatable bonds is 5. The van der Waals surface area contributed by atoms with E-state index in [2.05, 4.69) is 17.1 Å². The molecule has 0 radical (unpaired) electrons. The number of hydrogen-bond donors (Lipinski definition) is 1. The van der Waals surface area contributed by atoms with Crippen molar-refractivity contribution in [3.63, 3.8) is 0 Å². The van der Waals surface area contributed by atoms with Gasteiger partial charge in [-0.3, -0.25) is 0 Å². The molecule has 1 heterocycles. The molecule has 5 aliphatic rings. The monoisotopic (exact) mass is 276 g/mol. The van der Waals surface area contributed by atoms with Gasteiger partial charge in [0, 0.05) is 12.6 Å². The Kier molecular flexibility index (Phi) is 3.80. The third-order valence-electron chi connectivity index (χ3n) is 6.70. The van der Waals surface area contributed by atoms with E-state index < -0.39 is 0 Å². The normalized spacial score (nSPS) is 45.1. The molecule has 1 aliphatic heterocycles. The highest BCUT2D eigenvalue weighted by atomic mass is 15.1. The van der Waals surface area contributed by atoms with Gasteiger partial charge in [-0.15, -0.1) is 0 Å². The Hall–Kier alpha value is -0.0800. The van der Waals surface area contributed by atoms with E-state index in [-0.39, 0.29) is 0 Å². The molecule has 1 unspecified atom stereocenters. The maximum atomic E-state index is 4.01. The standard InChI is InChI=1S/C18H32N2/c1-13(12-20-4-2-3-5-20)11-19-18-16-7-14-6-15(9-16)10-17(18)8-14/h13-19H,2-12H2,1H3. The predicted octanol–water partition coefficient (Wildman–Crippen LogP) is 3.13. The van der Waals surface area contributed by atoms with Crippen LogP contribution in [-0.2, 0) is 0 Å². The smallest absolute Gasteiger partial charge is 0.0124 e. The van der Waals surface area contributed by atoms with Gasteiger partial charge in [0.05, 0.1) is 0 Å². The van der Waals surface area contributed by atoms with Crippen LogP contribution in [-0.4, -0.2) is 37.1 Å². The van der Waals surface area contributed by atoms with Crippen LogP contribution in [0.1, 0.15) is 51.9 Å². The molecular formula is C18H32N2. The zero-order chi connectivity index (χ0) is 13.5. The molecule has 2 heteroatoms. The third-order valence-corrected chi connectivity index (χ3v) is 6.70. The Morgan fingerprint density at radius 2 is 1.55 bits per heavy atom. The zero-order valence-corrected chi connectivity index (χ0v) is 13.2. The van der Waals surface area contributed by atoms with Crippen LogP contribution in [0.4, 0.5) is 0 Å². The minimum Gasteiger partial charge on any atom is -0.313 e. The van der Waals surface area contributed by atoms with Crippen LogP contribution in [0, 0.1) is 29.6 Å². The van der Waals surface area contributed by atoms with E-state index in [1.54, 1.807) is 32.1 Å². The van der Waals surface area contributed by atoms with Crippen LogP contribution in [0.5, 0.6) is 0 Å². The minimum absolute atomic E-state index is 0.824. The molecule has 0 aromatic carbocycles. The molecule has 1 saturated heterocycles.